The van der Waals surface area contributed by atoms with E-state index >= 15 is 0 Å². The van der Waals surface area contributed by atoms with E-state index < -0.39 is 0 Å². The standard InChI is InChI=1S/C12H14IN3/c13-11-4-1-2-5-12(11)15-6-3-8-16-9-7-14-10-16/h1-2,4-5,7,9-10,15H,3,6,8H2. The van der Waals surface area contributed by atoms with E-state index in [-0.39, 0.29) is 0 Å². The molecule has 0 amide bonds. The molecule has 0 aliphatic rings. The largest absolute Gasteiger partial charge is 0.384 e. The number of nitrogens with one attached hydrogen (secondary N) is 1. The van der Waals surface area contributed by atoms with Gasteiger partial charge in [-0.1, -0.05) is 12.1 Å². The molecular weight excluding hydrogens is 313 g/mol. The molecule has 1 heterocycles. The third-order valence-electron chi connectivity index (χ3n) is 2.34. The lowest BCUT2D eigenvalue weighted by Gasteiger charge is -2.08. The van der Waals surface area contributed by atoms with Crippen molar-refractivity contribution in [3.63, 3.8) is 0 Å². The van der Waals surface area contributed by atoms with Crippen molar-refractivity contribution in [1.82, 2.24) is 9.55 Å². The summed E-state index contributed by atoms with van der Waals surface area (Å²) in [5.74, 6) is 0. The Labute approximate surface area is 109 Å². The van der Waals surface area contributed by atoms with Crippen LogP contribution in [0.1, 0.15) is 6.42 Å². The van der Waals surface area contributed by atoms with Crippen LogP contribution < -0.4 is 5.32 Å². The van der Waals surface area contributed by atoms with Gasteiger partial charge in [-0.05, 0) is 41.1 Å². The summed E-state index contributed by atoms with van der Waals surface area (Å²) in [7, 11) is 0. The zero-order valence-electron chi connectivity index (χ0n) is 8.94. The van der Waals surface area contributed by atoms with Crippen LogP contribution in [0.3, 0.4) is 0 Å². The molecule has 84 valence electrons. The summed E-state index contributed by atoms with van der Waals surface area (Å²) in [6, 6.07) is 8.33. The van der Waals surface area contributed by atoms with E-state index in [0.717, 1.165) is 19.5 Å². The maximum atomic E-state index is 4.01. The van der Waals surface area contributed by atoms with E-state index in [1.54, 1.807) is 0 Å². The maximum Gasteiger partial charge on any atom is 0.0945 e. The minimum atomic E-state index is 0.984. The number of aryl methyl sites for hydroxylation is 1. The van der Waals surface area contributed by atoms with Crippen LogP contribution in [0, 0.1) is 3.57 Å². The molecule has 1 aromatic heterocycles. The Morgan fingerprint density at radius 3 is 2.94 bits per heavy atom. The quantitative estimate of drug-likeness (QED) is 0.676. The third-order valence-corrected chi connectivity index (χ3v) is 3.28. The molecule has 0 fully saturated rings. The molecule has 2 aromatic rings. The molecule has 0 radical (unpaired) electrons. The molecule has 0 unspecified atom stereocenters. The van der Waals surface area contributed by atoms with Gasteiger partial charge >= 0.3 is 0 Å². The first-order valence-electron chi connectivity index (χ1n) is 5.30. The smallest absolute Gasteiger partial charge is 0.0945 e. The average molecular weight is 327 g/mol. The molecular formula is C12H14IN3. The highest BCUT2D eigenvalue weighted by molar-refractivity contribution is 14.1. The van der Waals surface area contributed by atoms with Gasteiger partial charge in [-0.2, -0.15) is 0 Å². The number of para-hydroxylation sites is 1. The number of nitrogens with zero attached hydrogens (tertiary/aromatic N) is 2. The number of benzene rings is 1. The Morgan fingerprint density at radius 2 is 2.19 bits per heavy atom. The van der Waals surface area contributed by atoms with Crippen LogP contribution in [-0.2, 0) is 6.54 Å². The fraction of sp³-hybridized carbons (Fsp3) is 0.250. The molecule has 0 saturated carbocycles. The van der Waals surface area contributed by atoms with Crippen molar-refractivity contribution in [3.8, 4) is 0 Å². The van der Waals surface area contributed by atoms with E-state index in [4.69, 9.17) is 0 Å². The van der Waals surface area contributed by atoms with Crippen molar-refractivity contribution in [1.29, 1.82) is 0 Å². The monoisotopic (exact) mass is 327 g/mol. The molecule has 16 heavy (non-hydrogen) atoms. The molecule has 0 aliphatic carbocycles. The van der Waals surface area contributed by atoms with Gasteiger partial charge in [0, 0.05) is 34.7 Å². The van der Waals surface area contributed by atoms with Crippen molar-refractivity contribution < 1.29 is 0 Å². The number of anilines is 1. The van der Waals surface area contributed by atoms with Gasteiger partial charge in [0.15, 0.2) is 0 Å². The first kappa shape index (κ1) is 11.4. The van der Waals surface area contributed by atoms with Gasteiger partial charge in [-0.15, -0.1) is 0 Å². The second-order valence-electron chi connectivity index (χ2n) is 3.56. The van der Waals surface area contributed by atoms with Crippen molar-refractivity contribution >= 4 is 28.3 Å². The summed E-state index contributed by atoms with van der Waals surface area (Å²) >= 11 is 2.35. The Kier molecular flexibility index (Phi) is 4.21. The lowest BCUT2D eigenvalue weighted by molar-refractivity contribution is 0.660. The van der Waals surface area contributed by atoms with E-state index in [9.17, 15) is 0 Å². The van der Waals surface area contributed by atoms with Crippen molar-refractivity contribution in [3.05, 3.63) is 46.6 Å². The zero-order valence-corrected chi connectivity index (χ0v) is 11.1. The number of rotatable bonds is 5. The number of hydrogen-bond acceptors (Lipinski definition) is 2. The molecule has 3 nitrogen and oxygen atoms in total. The lowest BCUT2D eigenvalue weighted by atomic mass is 10.3. The number of aromatic nitrogens is 2. The van der Waals surface area contributed by atoms with Gasteiger partial charge in [0.05, 0.1) is 6.33 Å². The van der Waals surface area contributed by atoms with Gasteiger partial charge in [0.25, 0.3) is 0 Å². The molecule has 0 bridgehead atoms. The van der Waals surface area contributed by atoms with Gasteiger partial charge in [0.2, 0.25) is 0 Å². The summed E-state index contributed by atoms with van der Waals surface area (Å²) in [6.07, 6.45) is 6.76. The maximum absolute atomic E-state index is 4.01. The molecule has 2 rings (SSSR count). The van der Waals surface area contributed by atoms with Crippen LogP contribution in [0.2, 0.25) is 0 Å². The Bertz CT molecular complexity index is 426. The van der Waals surface area contributed by atoms with Gasteiger partial charge < -0.3 is 9.88 Å². The Hall–Kier alpha value is -1.04. The van der Waals surface area contributed by atoms with Crippen LogP contribution in [0.5, 0.6) is 0 Å². The summed E-state index contributed by atoms with van der Waals surface area (Å²) < 4.78 is 3.36. The number of imidazole rings is 1. The Morgan fingerprint density at radius 1 is 1.31 bits per heavy atom. The average Bonchev–Trinajstić information content (AvgIpc) is 2.79. The topological polar surface area (TPSA) is 29.9 Å². The molecule has 0 aliphatic heterocycles. The van der Waals surface area contributed by atoms with Crippen molar-refractivity contribution in [2.75, 3.05) is 11.9 Å². The highest BCUT2D eigenvalue weighted by Gasteiger charge is 1.96. The predicted octanol–water partition coefficient (Wildman–Crippen LogP) is 2.99. The second-order valence-corrected chi connectivity index (χ2v) is 4.72. The first-order valence-corrected chi connectivity index (χ1v) is 6.38. The van der Waals surface area contributed by atoms with Crippen molar-refractivity contribution in [2.45, 2.75) is 13.0 Å². The highest BCUT2D eigenvalue weighted by atomic mass is 127. The number of halogens is 1. The van der Waals surface area contributed by atoms with E-state index in [0.29, 0.717) is 0 Å². The van der Waals surface area contributed by atoms with Crippen LogP contribution in [0.25, 0.3) is 0 Å². The van der Waals surface area contributed by atoms with Gasteiger partial charge in [-0.25, -0.2) is 4.98 Å². The van der Waals surface area contributed by atoms with Crippen LogP contribution in [0.15, 0.2) is 43.0 Å². The summed E-state index contributed by atoms with van der Waals surface area (Å²) in [5.41, 5.74) is 1.22. The Balaban J connectivity index is 1.74. The molecule has 0 saturated heterocycles. The fourth-order valence-electron chi connectivity index (χ4n) is 1.51. The second kappa shape index (κ2) is 5.89. The molecule has 0 atom stereocenters. The molecule has 0 spiro atoms. The summed E-state index contributed by atoms with van der Waals surface area (Å²) in [6.45, 7) is 1.99. The lowest BCUT2D eigenvalue weighted by Crippen LogP contribution is -2.06. The summed E-state index contributed by atoms with van der Waals surface area (Å²) in [4.78, 5) is 4.01. The molecule has 1 N–H and O–H groups in total. The first-order chi connectivity index (χ1) is 7.86. The third kappa shape index (κ3) is 3.23. The SMILES string of the molecule is Ic1ccccc1NCCCn1ccnc1. The van der Waals surface area contributed by atoms with E-state index in [2.05, 4.69) is 61.7 Å². The van der Waals surface area contributed by atoms with Crippen LogP contribution >= 0.6 is 22.6 Å². The summed E-state index contributed by atoms with van der Waals surface area (Å²) in [5, 5.41) is 3.43. The van der Waals surface area contributed by atoms with Crippen LogP contribution in [0.4, 0.5) is 5.69 Å². The highest BCUT2D eigenvalue weighted by Crippen LogP contribution is 2.16. The van der Waals surface area contributed by atoms with Gasteiger partial charge in [0.1, 0.15) is 0 Å². The predicted molar refractivity (Wildman–Crippen MR) is 74.5 cm³/mol. The normalized spacial score (nSPS) is 10.3. The minimum absolute atomic E-state index is 0.984. The van der Waals surface area contributed by atoms with Gasteiger partial charge in [-0.3, -0.25) is 0 Å². The molecule has 1 aromatic carbocycles. The van der Waals surface area contributed by atoms with Crippen molar-refractivity contribution in [2.24, 2.45) is 0 Å². The van der Waals surface area contributed by atoms with E-state index in [1.165, 1.54) is 9.26 Å². The zero-order chi connectivity index (χ0) is 11.2. The minimum Gasteiger partial charge on any atom is -0.384 e. The molecule has 4 heteroatoms. The van der Waals surface area contributed by atoms with Crippen LogP contribution in [-0.4, -0.2) is 16.1 Å². The fourth-order valence-corrected chi connectivity index (χ4v) is 2.09. The van der Waals surface area contributed by atoms with E-state index in [1.807, 2.05) is 18.7 Å². The number of hydrogen-bond donors (Lipinski definition) is 1.